The lowest BCUT2D eigenvalue weighted by atomic mass is 10.1. The van der Waals surface area contributed by atoms with Crippen LogP contribution < -0.4 is 10.1 Å². The summed E-state index contributed by atoms with van der Waals surface area (Å²) in [5, 5.41) is 3.51. The number of hydrogen-bond acceptors (Lipinski definition) is 2. The molecule has 0 aliphatic carbocycles. The number of aromatic amines is 1. The molecule has 1 amide bonds. The summed E-state index contributed by atoms with van der Waals surface area (Å²) in [4.78, 5) is 15.3. The highest BCUT2D eigenvalue weighted by molar-refractivity contribution is 6.12. The molecule has 3 rings (SSSR count). The Balaban J connectivity index is 1.78. The number of aromatic nitrogens is 1. The Morgan fingerprint density at radius 3 is 2.61 bits per heavy atom. The molecule has 0 radical (unpaired) electrons. The van der Waals surface area contributed by atoms with Crippen molar-refractivity contribution in [3.8, 4) is 5.75 Å². The van der Waals surface area contributed by atoms with Gasteiger partial charge in [-0.25, -0.2) is 4.39 Å². The molecule has 0 saturated carbocycles. The summed E-state index contributed by atoms with van der Waals surface area (Å²) in [5.74, 6) is 0.160. The van der Waals surface area contributed by atoms with E-state index in [1.54, 1.807) is 36.5 Å². The van der Waals surface area contributed by atoms with Crippen molar-refractivity contribution in [1.82, 2.24) is 4.98 Å². The Morgan fingerprint density at radius 2 is 1.91 bits per heavy atom. The van der Waals surface area contributed by atoms with Crippen LogP contribution in [0.5, 0.6) is 5.75 Å². The van der Waals surface area contributed by atoms with Gasteiger partial charge in [0.15, 0.2) is 0 Å². The van der Waals surface area contributed by atoms with Crippen LogP contribution in [0.2, 0.25) is 0 Å². The molecule has 2 N–H and O–H groups in total. The molecule has 4 nitrogen and oxygen atoms in total. The maximum Gasteiger partial charge on any atom is 0.257 e. The maximum atomic E-state index is 13.2. The van der Waals surface area contributed by atoms with Crippen LogP contribution in [-0.2, 0) is 0 Å². The number of nitrogens with one attached hydrogen (secondary N) is 2. The van der Waals surface area contributed by atoms with Gasteiger partial charge in [0, 0.05) is 22.8 Å². The van der Waals surface area contributed by atoms with Crippen LogP contribution in [0.3, 0.4) is 0 Å². The van der Waals surface area contributed by atoms with E-state index in [4.69, 9.17) is 4.74 Å². The molecule has 2 aromatic carbocycles. The summed E-state index contributed by atoms with van der Waals surface area (Å²) in [6.45, 7) is 3.91. The second kappa shape index (κ2) is 6.12. The standard InChI is InChI=1S/C18H17FN2O2/c1-11(2)23-14-6-4-13(5-7-14)21-18(22)16-10-20-17-9-12(19)3-8-15(16)17/h3-11,20H,1-2H3,(H,21,22). The van der Waals surface area contributed by atoms with Crippen molar-refractivity contribution in [3.05, 3.63) is 60.0 Å². The van der Waals surface area contributed by atoms with E-state index in [9.17, 15) is 9.18 Å². The highest BCUT2D eigenvalue weighted by Crippen LogP contribution is 2.22. The molecular formula is C18H17FN2O2. The smallest absolute Gasteiger partial charge is 0.257 e. The molecule has 1 heterocycles. The van der Waals surface area contributed by atoms with Gasteiger partial charge in [-0.05, 0) is 56.3 Å². The van der Waals surface area contributed by atoms with Crippen LogP contribution in [0.1, 0.15) is 24.2 Å². The van der Waals surface area contributed by atoms with Crippen LogP contribution in [-0.4, -0.2) is 17.0 Å². The molecule has 118 valence electrons. The maximum absolute atomic E-state index is 13.2. The number of amides is 1. The van der Waals surface area contributed by atoms with Crippen LogP contribution in [0.4, 0.5) is 10.1 Å². The molecule has 0 saturated heterocycles. The summed E-state index contributed by atoms with van der Waals surface area (Å²) < 4.78 is 18.8. The van der Waals surface area contributed by atoms with Crippen molar-refractivity contribution in [2.75, 3.05) is 5.32 Å². The Morgan fingerprint density at radius 1 is 1.17 bits per heavy atom. The third kappa shape index (κ3) is 3.34. The number of benzene rings is 2. The van der Waals surface area contributed by atoms with Gasteiger partial charge in [-0.3, -0.25) is 4.79 Å². The van der Waals surface area contributed by atoms with Crippen LogP contribution >= 0.6 is 0 Å². The lowest BCUT2D eigenvalue weighted by Gasteiger charge is -2.10. The lowest BCUT2D eigenvalue weighted by Crippen LogP contribution is -2.11. The van der Waals surface area contributed by atoms with E-state index in [-0.39, 0.29) is 17.8 Å². The van der Waals surface area contributed by atoms with Crippen molar-refractivity contribution in [3.63, 3.8) is 0 Å². The van der Waals surface area contributed by atoms with Gasteiger partial charge in [0.2, 0.25) is 0 Å². The van der Waals surface area contributed by atoms with Gasteiger partial charge in [0.1, 0.15) is 11.6 Å². The van der Waals surface area contributed by atoms with E-state index in [0.29, 0.717) is 22.2 Å². The highest BCUT2D eigenvalue weighted by atomic mass is 19.1. The quantitative estimate of drug-likeness (QED) is 0.752. The number of hydrogen-bond donors (Lipinski definition) is 2. The van der Waals surface area contributed by atoms with Crippen LogP contribution in [0.15, 0.2) is 48.7 Å². The Bertz CT molecular complexity index is 838. The molecule has 0 fully saturated rings. The molecule has 0 aliphatic rings. The summed E-state index contributed by atoms with van der Waals surface area (Å²) >= 11 is 0. The molecule has 1 aromatic heterocycles. The molecule has 0 unspecified atom stereocenters. The molecular weight excluding hydrogens is 295 g/mol. The number of ether oxygens (including phenoxy) is 1. The molecule has 0 spiro atoms. The van der Waals surface area contributed by atoms with Crippen molar-refractivity contribution in [1.29, 1.82) is 0 Å². The monoisotopic (exact) mass is 312 g/mol. The van der Waals surface area contributed by atoms with E-state index in [1.165, 1.54) is 12.1 Å². The normalized spacial score (nSPS) is 11.0. The molecule has 0 bridgehead atoms. The number of H-pyrrole nitrogens is 1. The SMILES string of the molecule is CC(C)Oc1ccc(NC(=O)c2c[nH]c3cc(F)ccc23)cc1. The van der Waals surface area contributed by atoms with Gasteiger partial charge in [0.25, 0.3) is 5.91 Å². The number of anilines is 1. The van der Waals surface area contributed by atoms with Gasteiger partial charge in [-0.15, -0.1) is 0 Å². The number of rotatable bonds is 4. The van der Waals surface area contributed by atoms with Crippen LogP contribution in [0.25, 0.3) is 10.9 Å². The number of carbonyl (C=O) groups excluding carboxylic acids is 1. The van der Waals surface area contributed by atoms with Gasteiger partial charge >= 0.3 is 0 Å². The van der Waals surface area contributed by atoms with Gasteiger partial charge in [-0.1, -0.05) is 0 Å². The molecule has 0 aliphatic heterocycles. The minimum Gasteiger partial charge on any atom is -0.491 e. The van der Waals surface area contributed by atoms with Crippen molar-refractivity contribution >= 4 is 22.5 Å². The minimum atomic E-state index is -0.341. The van der Waals surface area contributed by atoms with Gasteiger partial charge < -0.3 is 15.0 Å². The molecule has 23 heavy (non-hydrogen) atoms. The number of halogens is 1. The Hall–Kier alpha value is -2.82. The average Bonchev–Trinajstić information content (AvgIpc) is 2.91. The predicted octanol–water partition coefficient (Wildman–Crippen LogP) is 4.35. The summed E-state index contributed by atoms with van der Waals surface area (Å²) in [7, 11) is 0. The van der Waals surface area contributed by atoms with E-state index in [2.05, 4.69) is 10.3 Å². The predicted molar refractivity (Wildman–Crippen MR) is 88.4 cm³/mol. The number of carbonyl (C=O) groups is 1. The highest BCUT2D eigenvalue weighted by Gasteiger charge is 2.12. The topological polar surface area (TPSA) is 54.1 Å². The molecule has 3 aromatic rings. The Labute approximate surface area is 133 Å². The summed E-state index contributed by atoms with van der Waals surface area (Å²) in [6.07, 6.45) is 1.68. The fourth-order valence-electron chi connectivity index (χ4n) is 2.37. The second-order valence-electron chi connectivity index (χ2n) is 5.54. The third-order valence-electron chi connectivity index (χ3n) is 3.37. The first-order chi connectivity index (χ1) is 11.0. The first-order valence-corrected chi connectivity index (χ1v) is 7.37. The lowest BCUT2D eigenvalue weighted by molar-refractivity contribution is 0.102. The third-order valence-corrected chi connectivity index (χ3v) is 3.37. The average molecular weight is 312 g/mol. The van der Waals surface area contributed by atoms with Gasteiger partial charge in [0.05, 0.1) is 11.7 Å². The van der Waals surface area contributed by atoms with E-state index < -0.39 is 0 Å². The first-order valence-electron chi connectivity index (χ1n) is 7.37. The van der Waals surface area contributed by atoms with Crippen molar-refractivity contribution < 1.29 is 13.9 Å². The largest absolute Gasteiger partial charge is 0.491 e. The van der Waals surface area contributed by atoms with E-state index in [1.807, 2.05) is 13.8 Å². The van der Waals surface area contributed by atoms with Crippen molar-refractivity contribution in [2.45, 2.75) is 20.0 Å². The molecule has 0 atom stereocenters. The van der Waals surface area contributed by atoms with Crippen molar-refractivity contribution in [2.24, 2.45) is 0 Å². The van der Waals surface area contributed by atoms with E-state index in [0.717, 1.165) is 5.75 Å². The summed E-state index contributed by atoms with van der Waals surface area (Å²) in [5.41, 5.74) is 1.74. The van der Waals surface area contributed by atoms with Crippen LogP contribution in [0, 0.1) is 5.82 Å². The fourth-order valence-corrected chi connectivity index (χ4v) is 2.37. The number of fused-ring (bicyclic) bond motifs is 1. The second-order valence-corrected chi connectivity index (χ2v) is 5.54. The Kier molecular flexibility index (Phi) is 4.02. The van der Waals surface area contributed by atoms with E-state index >= 15 is 0 Å². The zero-order valence-electron chi connectivity index (χ0n) is 12.9. The summed E-state index contributed by atoms with van der Waals surface area (Å²) in [6, 6.07) is 11.5. The van der Waals surface area contributed by atoms with Gasteiger partial charge in [-0.2, -0.15) is 0 Å². The molecule has 5 heteroatoms. The minimum absolute atomic E-state index is 0.0991. The zero-order valence-corrected chi connectivity index (χ0v) is 12.9. The zero-order chi connectivity index (χ0) is 16.4. The fraction of sp³-hybridized carbons (Fsp3) is 0.167. The first kappa shape index (κ1) is 15.1.